The number of rotatable bonds is 9. The van der Waals surface area contributed by atoms with Crippen molar-refractivity contribution in [1.29, 1.82) is 0 Å². The molecule has 2 amide bonds. The fraction of sp³-hybridized carbons (Fsp3) is 0.607. The zero-order valence-corrected chi connectivity index (χ0v) is 21.9. The minimum absolute atomic E-state index is 0.103. The molecular formula is C28H38N2O6. The SMILES string of the molecule is C=CCN(C(=O)C1N([C@@H](CO)[C@@H](C)CC)C(=O)[C@@H]2[C@@H](C(=O)O)[C@@]3(C)CCC12O3)c1c(C)cccc1C. The van der Waals surface area contributed by atoms with Crippen LogP contribution in [0.3, 0.4) is 0 Å². The fourth-order valence-electron chi connectivity index (χ4n) is 6.99. The van der Waals surface area contributed by atoms with E-state index in [1.54, 1.807) is 17.9 Å². The molecule has 36 heavy (non-hydrogen) atoms. The molecule has 196 valence electrons. The first-order chi connectivity index (χ1) is 17.0. The van der Waals surface area contributed by atoms with Crippen molar-refractivity contribution in [2.75, 3.05) is 18.1 Å². The van der Waals surface area contributed by atoms with Gasteiger partial charge in [-0.25, -0.2) is 0 Å². The highest BCUT2D eigenvalue weighted by Gasteiger charge is 2.79. The van der Waals surface area contributed by atoms with Crippen LogP contribution in [0.25, 0.3) is 0 Å². The van der Waals surface area contributed by atoms with Gasteiger partial charge in [0.15, 0.2) is 0 Å². The topological polar surface area (TPSA) is 107 Å². The zero-order valence-electron chi connectivity index (χ0n) is 21.9. The number of benzene rings is 1. The maximum Gasteiger partial charge on any atom is 0.310 e. The van der Waals surface area contributed by atoms with Crippen molar-refractivity contribution in [3.8, 4) is 0 Å². The van der Waals surface area contributed by atoms with Crippen LogP contribution in [0, 0.1) is 31.6 Å². The molecule has 2 N–H and O–H groups in total. The Hall–Kier alpha value is -2.71. The third kappa shape index (κ3) is 3.60. The van der Waals surface area contributed by atoms with Gasteiger partial charge < -0.3 is 24.7 Å². The van der Waals surface area contributed by atoms with Gasteiger partial charge in [0.2, 0.25) is 5.91 Å². The molecule has 8 nitrogen and oxygen atoms in total. The van der Waals surface area contributed by atoms with Crippen LogP contribution in [-0.2, 0) is 19.1 Å². The number of anilines is 1. The summed E-state index contributed by atoms with van der Waals surface area (Å²) in [5.41, 5.74) is 0.268. The molecule has 0 saturated carbocycles. The number of amides is 2. The van der Waals surface area contributed by atoms with E-state index >= 15 is 0 Å². The molecule has 7 atom stereocenters. The predicted octanol–water partition coefficient (Wildman–Crippen LogP) is 3.08. The minimum atomic E-state index is -1.26. The number of carboxylic acid groups (broad SMARTS) is 1. The van der Waals surface area contributed by atoms with Crippen molar-refractivity contribution < 1.29 is 29.3 Å². The number of aryl methyl sites for hydroxylation is 2. The molecule has 1 spiro atoms. The first-order valence-electron chi connectivity index (χ1n) is 12.8. The Morgan fingerprint density at radius 2 is 1.94 bits per heavy atom. The van der Waals surface area contributed by atoms with Crippen LogP contribution in [0.15, 0.2) is 30.9 Å². The van der Waals surface area contributed by atoms with E-state index in [9.17, 15) is 24.6 Å². The lowest BCUT2D eigenvalue weighted by Crippen LogP contribution is -2.60. The van der Waals surface area contributed by atoms with Gasteiger partial charge in [0, 0.05) is 12.2 Å². The summed E-state index contributed by atoms with van der Waals surface area (Å²) in [5.74, 6) is -3.97. The van der Waals surface area contributed by atoms with Crippen LogP contribution >= 0.6 is 0 Å². The standard InChI is InChI=1S/C28H38N2O6/c1-7-14-29(22-17(4)10-9-11-18(22)5)25(33)23-28-13-12-27(6,36-28)21(26(34)35)20(28)24(32)30(23)19(15-31)16(3)8-2/h7,9-11,16,19-21,23,31H,1,8,12-15H2,2-6H3,(H,34,35)/t16-,19-,20-,21-,23?,27+,28?/m0/s1. The van der Waals surface area contributed by atoms with Crippen molar-refractivity contribution in [2.24, 2.45) is 17.8 Å². The molecule has 3 heterocycles. The highest BCUT2D eigenvalue weighted by Crippen LogP contribution is 2.63. The molecule has 3 saturated heterocycles. The Labute approximate surface area is 212 Å². The number of para-hydroxylation sites is 1. The summed E-state index contributed by atoms with van der Waals surface area (Å²) in [6.07, 6.45) is 3.18. The van der Waals surface area contributed by atoms with Gasteiger partial charge in [0.1, 0.15) is 11.6 Å². The van der Waals surface area contributed by atoms with E-state index in [2.05, 4.69) is 6.58 Å². The van der Waals surface area contributed by atoms with Crippen LogP contribution in [0.4, 0.5) is 5.69 Å². The van der Waals surface area contributed by atoms with Crippen LogP contribution in [-0.4, -0.2) is 69.3 Å². The number of nitrogens with zero attached hydrogens (tertiary/aromatic N) is 2. The smallest absolute Gasteiger partial charge is 0.310 e. The summed E-state index contributed by atoms with van der Waals surface area (Å²) >= 11 is 0. The van der Waals surface area contributed by atoms with Gasteiger partial charge >= 0.3 is 5.97 Å². The maximum absolute atomic E-state index is 14.6. The summed E-state index contributed by atoms with van der Waals surface area (Å²) in [4.78, 5) is 44.3. The number of carbonyl (C=O) groups is 3. The number of aliphatic hydroxyl groups excluding tert-OH is 1. The second-order valence-electron chi connectivity index (χ2n) is 10.9. The maximum atomic E-state index is 14.6. The van der Waals surface area contributed by atoms with Crippen molar-refractivity contribution in [1.82, 2.24) is 4.90 Å². The number of aliphatic hydroxyl groups is 1. The minimum Gasteiger partial charge on any atom is -0.481 e. The van der Waals surface area contributed by atoms with Crippen molar-refractivity contribution in [3.63, 3.8) is 0 Å². The van der Waals surface area contributed by atoms with E-state index in [-0.39, 0.29) is 25.0 Å². The molecule has 2 bridgehead atoms. The molecule has 4 rings (SSSR count). The average molecular weight is 499 g/mol. The average Bonchev–Trinajstić information content (AvgIpc) is 3.39. The Kier molecular flexibility index (Phi) is 6.81. The van der Waals surface area contributed by atoms with Gasteiger partial charge in [-0.05, 0) is 50.7 Å². The Morgan fingerprint density at radius 3 is 2.47 bits per heavy atom. The number of aliphatic carboxylic acids is 1. The second kappa shape index (κ2) is 9.30. The van der Waals surface area contributed by atoms with Gasteiger partial charge in [-0.15, -0.1) is 6.58 Å². The number of carboxylic acids is 1. The number of likely N-dealkylation sites (tertiary alicyclic amines) is 1. The lowest BCUT2D eigenvalue weighted by atomic mass is 9.66. The Balaban J connectivity index is 1.91. The summed E-state index contributed by atoms with van der Waals surface area (Å²) in [6.45, 7) is 13.2. The molecule has 3 aliphatic heterocycles. The number of fused-ring (bicyclic) bond motifs is 1. The van der Waals surface area contributed by atoms with Crippen LogP contribution < -0.4 is 4.90 Å². The number of ether oxygens (including phenoxy) is 1. The molecule has 1 aromatic carbocycles. The third-order valence-electron chi connectivity index (χ3n) is 8.85. The van der Waals surface area contributed by atoms with Crippen LogP contribution in [0.2, 0.25) is 0 Å². The number of carbonyl (C=O) groups excluding carboxylic acids is 2. The van der Waals surface area contributed by atoms with E-state index in [0.29, 0.717) is 19.3 Å². The van der Waals surface area contributed by atoms with E-state index < -0.39 is 47.0 Å². The number of hydrogen-bond donors (Lipinski definition) is 2. The normalized spacial score (nSPS) is 32.3. The van der Waals surface area contributed by atoms with Crippen LogP contribution in [0.5, 0.6) is 0 Å². The van der Waals surface area contributed by atoms with Gasteiger partial charge in [-0.3, -0.25) is 14.4 Å². The Bertz CT molecular complexity index is 1070. The first-order valence-corrected chi connectivity index (χ1v) is 12.8. The van der Waals surface area contributed by atoms with E-state index in [0.717, 1.165) is 16.8 Å². The molecular weight excluding hydrogens is 460 g/mol. The molecule has 2 unspecified atom stereocenters. The molecule has 0 radical (unpaired) electrons. The quantitative estimate of drug-likeness (QED) is 0.507. The van der Waals surface area contributed by atoms with E-state index in [4.69, 9.17) is 4.74 Å². The summed E-state index contributed by atoms with van der Waals surface area (Å²) in [6, 6.07) is 4.10. The molecule has 0 aliphatic carbocycles. The predicted molar refractivity (Wildman–Crippen MR) is 135 cm³/mol. The monoisotopic (exact) mass is 498 g/mol. The molecule has 1 aromatic rings. The van der Waals surface area contributed by atoms with Crippen molar-refractivity contribution in [3.05, 3.63) is 42.0 Å². The second-order valence-corrected chi connectivity index (χ2v) is 10.9. The van der Waals surface area contributed by atoms with Crippen LogP contribution in [0.1, 0.15) is 51.2 Å². The number of hydrogen-bond acceptors (Lipinski definition) is 5. The molecule has 0 aromatic heterocycles. The van der Waals surface area contributed by atoms with Gasteiger partial charge in [0.05, 0.1) is 30.1 Å². The third-order valence-corrected chi connectivity index (χ3v) is 8.85. The zero-order chi connectivity index (χ0) is 26.6. The van der Waals surface area contributed by atoms with Crippen molar-refractivity contribution in [2.45, 2.75) is 77.2 Å². The Morgan fingerprint density at radius 1 is 1.31 bits per heavy atom. The lowest BCUT2D eigenvalue weighted by molar-refractivity contribution is -0.156. The van der Waals surface area contributed by atoms with Gasteiger partial charge in [-0.1, -0.05) is 44.5 Å². The van der Waals surface area contributed by atoms with E-state index in [1.165, 1.54) is 4.90 Å². The van der Waals surface area contributed by atoms with Gasteiger partial charge in [-0.2, -0.15) is 0 Å². The molecule has 8 heteroatoms. The first kappa shape index (κ1) is 26.4. The van der Waals surface area contributed by atoms with E-state index in [1.807, 2.05) is 45.9 Å². The van der Waals surface area contributed by atoms with Crippen molar-refractivity contribution >= 4 is 23.5 Å². The summed E-state index contributed by atoms with van der Waals surface area (Å²) in [5, 5.41) is 20.6. The largest absolute Gasteiger partial charge is 0.481 e. The highest BCUT2D eigenvalue weighted by atomic mass is 16.5. The van der Waals surface area contributed by atoms with Gasteiger partial charge in [0.25, 0.3) is 5.91 Å². The lowest BCUT2D eigenvalue weighted by Gasteiger charge is -2.41. The molecule has 3 aliphatic rings. The molecule has 3 fully saturated rings. The fourth-order valence-corrected chi connectivity index (χ4v) is 6.99. The highest BCUT2D eigenvalue weighted by molar-refractivity contribution is 6.05. The summed E-state index contributed by atoms with van der Waals surface area (Å²) in [7, 11) is 0. The summed E-state index contributed by atoms with van der Waals surface area (Å²) < 4.78 is 6.51.